The zero-order valence-corrected chi connectivity index (χ0v) is 13.8. The summed E-state index contributed by atoms with van der Waals surface area (Å²) in [7, 11) is 0. The van der Waals surface area contributed by atoms with E-state index in [1.807, 2.05) is 6.07 Å². The summed E-state index contributed by atoms with van der Waals surface area (Å²) in [6.45, 7) is 4.73. The van der Waals surface area contributed by atoms with Gasteiger partial charge in [0.15, 0.2) is 0 Å². The molecule has 0 N–H and O–H groups in total. The first-order chi connectivity index (χ1) is 10.6. The Balaban J connectivity index is 1.77. The van der Waals surface area contributed by atoms with Gasteiger partial charge in [-0.1, -0.05) is 0 Å². The van der Waals surface area contributed by atoms with Gasteiger partial charge in [-0.2, -0.15) is 0 Å². The van der Waals surface area contributed by atoms with E-state index in [1.54, 1.807) is 25.3 Å². The van der Waals surface area contributed by atoms with Crippen LogP contribution in [0.5, 0.6) is 0 Å². The van der Waals surface area contributed by atoms with Crippen LogP contribution < -0.4 is 4.90 Å². The van der Waals surface area contributed by atoms with Crippen LogP contribution in [0.1, 0.15) is 11.3 Å². The Bertz CT molecular complexity index is 693. The van der Waals surface area contributed by atoms with Gasteiger partial charge in [-0.05, 0) is 46.6 Å². The Kier molecular flexibility index (Phi) is 4.59. The number of aliphatic imine (C=N–C) groups is 1. The lowest BCUT2D eigenvalue weighted by molar-refractivity contribution is 0.120. The van der Waals surface area contributed by atoms with Crippen molar-refractivity contribution < 1.29 is 13.5 Å². The van der Waals surface area contributed by atoms with Crippen molar-refractivity contribution in [3.05, 3.63) is 45.9 Å². The summed E-state index contributed by atoms with van der Waals surface area (Å²) in [4.78, 5) is 6.46. The van der Waals surface area contributed by atoms with E-state index in [0.29, 0.717) is 30.2 Å². The van der Waals surface area contributed by atoms with E-state index in [-0.39, 0.29) is 5.82 Å². The first-order valence-electron chi connectivity index (χ1n) is 7.06. The number of nitrogens with zero attached hydrogens (tertiary/aromatic N) is 2. The van der Waals surface area contributed by atoms with Crippen molar-refractivity contribution in [2.24, 2.45) is 4.99 Å². The Labute approximate surface area is 136 Å². The smallest absolute Gasteiger partial charge is 0.210 e. The maximum absolute atomic E-state index is 13.2. The minimum absolute atomic E-state index is 0.228. The largest absolute Gasteiger partial charge is 0.438 e. The summed E-state index contributed by atoms with van der Waals surface area (Å²) in [5.74, 6) is 1.21. The topological polar surface area (TPSA) is 38.0 Å². The number of hydrogen-bond acceptors (Lipinski definition) is 4. The summed E-state index contributed by atoms with van der Waals surface area (Å²) >= 11 is 3.51. The zero-order valence-electron chi connectivity index (χ0n) is 12.2. The van der Waals surface area contributed by atoms with Gasteiger partial charge in [-0.3, -0.25) is 4.99 Å². The minimum Gasteiger partial charge on any atom is -0.438 e. The fraction of sp³-hybridized carbons (Fsp3) is 0.312. The van der Waals surface area contributed by atoms with Crippen molar-refractivity contribution in [1.82, 2.24) is 0 Å². The molecule has 2 aromatic rings. The van der Waals surface area contributed by atoms with Crippen LogP contribution in [-0.4, -0.2) is 32.5 Å². The molecular formula is C16H16BrFN2O2. The summed E-state index contributed by atoms with van der Waals surface area (Å²) < 4.78 is 25.3. The maximum atomic E-state index is 13.2. The van der Waals surface area contributed by atoms with Gasteiger partial charge in [-0.25, -0.2) is 4.39 Å². The highest BCUT2D eigenvalue weighted by Crippen LogP contribution is 2.30. The SMILES string of the molecule is Cc1cc(N=Cc2cc(Br)c(N3CCOCC3)o2)ccc1F. The van der Waals surface area contributed by atoms with Crippen LogP contribution in [-0.2, 0) is 4.74 Å². The second kappa shape index (κ2) is 6.62. The van der Waals surface area contributed by atoms with Gasteiger partial charge in [-0.15, -0.1) is 0 Å². The van der Waals surface area contributed by atoms with E-state index >= 15 is 0 Å². The highest BCUT2D eigenvalue weighted by molar-refractivity contribution is 9.10. The monoisotopic (exact) mass is 366 g/mol. The quantitative estimate of drug-likeness (QED) is 0.768. The van der Waals surface area contributed by atoms with Crippen LogP contribution in [0.3, 0.4) is 0 Å². The lowest BCUT2D eigenvalue weighted by Crippen LogP contribution is -2.36. The molecule has 3 rings (SSSR count). The average Bonchev–Trinajstić information content (AvgIpc) is 2.90. The Morgan fingerprint density at radius 1 is 1.27 bits per heavy atom. The minimum atomic E-state index is -0.228. The van der Waals surface area contributed by atoms with Crippen molar-refractivity contribution in [3.63, 3.8) is 0 Å². The molecule has 0 atom stereocenters. The van der Waals surface area contributed by atoms with E-state index in [2.05, 4.69) is 25.8 Å². The van der Waals surface area contributed by atoms with Crippen molar-refractivity contribution >= 4 is 33.7 Å². The number of hydrogen-bond donors (Lipinski definition) is 0. The van der Waals surface area contributed by atoms with Gasteiger partial charge in [0.2, 0.25) is 5.88 Å². The number of benzene rings is 1. The maximum Gasteiger partial charge on any atom is 0.210 e. The van der Waals surface area contributed by atoms with E-state index in [4.69, 9.17) is 9.15 Å². The molecule has 22 heavy (non-hydrogen) atoms. The van der Waals surface area contributed by atoms with E-state index in [9.17, 15) is 4.39 Å². The van der Waals surface area contributed by atoms with Gasteiger partial charge in [0, 0.05) is 19.2 Å². The molecule has 0 spiro atoms. The lowest BCUT2D eigenvalue weighted by Gasteiger charge is -2.26. The molecule has 1 aromatic carbocycles. The standard InChI is InChI=1S/C16H16BrFN2O2/c1-11-8-12(2-3-15(11)18)19-10-13-9-14(17)16(22-13)20-4-6-21-7-5-20/h2-3,8-10H,4-7H2,1H3. The molecule has 0 radical (unpaired) electrons. The van der Waals surface area contributed by atoms with Crippen molar-refractivity contribution in [2.45, 2.75) is 6.92 Å². The molecular weight excluding hydrogens is 351 g/mol. The fourth-order valence-corrected chi connectivity index (χ4v) is 2.83. The van der Waals surface area contributed by atoms with Crippen LogP contribution in [0.2, 0.25) is 0 Å². The second-order valence-electron chi connectivity index (χ2n) is 5.09. The van der Waals surface area contributed by atoms with E-state index in [1.165, 1.54) is 6.07 Å². The molecule has 0 saturated carbocycles. The van der Waals surface area contributed by atoms with Gasteiger partial charge in [0.05, 0.1) is 29.6 Å². The first kappa shape index (κ1) is 15.2. The Morgan fingerprint density at radius 2 is 2.05 bits per heavy atom. The van der Waals surface area contributed by atoms with Gasteiger partial charge < -0.3 is 14.1 Å². The average molecular weight is 367 g/mol. The number of furan rings is 1. The Hall–Kier alpha value is -1.66. The number of anilines is 1. The van der Waals surface area contributed by atoms with Crippen molar-refractivity contribution in [2.75, 3.05) is 31.2 Å². The van der Waals surface area contributed by atoms with Crippen LogP contribution >= 0.6 is 15.9 Å². The van der Waals surface area contributed by atoms with E-state index in [0.717, 1.165) is 23.4 Å². The van der Waals surface area contributed by atoms with Gasteiger partial charge in [0.25, 0.3) is 0 Å². The third-order valence-electron chi connectivity index (χ3n) is 3.47. The zero-order chi connectivity index (χ0) is 15.5. The first-order valence-corrected chi connectivity index (χ1v) is 7.85. The highest BCUT2D eigenvalue weighted by Gasteiger charge is 2.18. The predicted octanol–water partition coefficient (Wildman–Crippen LogP) is 4.08. The summed E-state index contributed by atoms with van der Waals surface area (Å²) in [6.07, 6.45) is 1.64. The van der Waals surface area contributed by atoms with E-state index < -0.39 is 0 Å². The van der Waals surface area contributed by atoms with Crippen LogP contribution in [0, 0.1) is 12.7 Å². The Morgan fingerprint density at radius 3 is 2.77 bits per heavy atom. The molecule has 116 valence electrons. The number of halogens is 2. The molecule has 4 nitrogen and oxygen atoms in total. The molecule has 1 aliphatic heterocycles. The third-order valence-corrected chi connectivity index (χ3v) is 4.04. The molecule has 1 aliphatic rings. The molecule has 0 bridgehead atoms. The highest BCUT2D eigenvalue weighted by atomic mass is 79.9. The number of ether oxygens (including phenoxy) is 1. The van der Waals surface area contributed by atoms with Crippen LogP contribution in [0.4, 0.5) is 16.0 Å². The summed E-state index contributed by atoms with van der Waals surface area (Å²) in [5.41, 5.74) is 1.27. The predicted molar refractivity (Wildman–Crippen MR) is 87.8 cm³/mol. The van der Waals surface area contributed by atoms with Crippen LogP contribution in [0.25, 0.3) is 0 Å². The fourth-order valence-electron chi connectivity index (χ4n) is 2.27. The molecule has 2 heterocycles. The van der Waals surface area contributed by atoms with Crippen molar-refractivity contribution in [3.8, 4) is 0 Å². The van der Waals surface area contributed by atoms with Gasteiger partial charge in [0.1, 0.15) is 11.6 Å². The molecule has 0 amide bonds. The normalized spacial score (nSPS) is 15.7. The molecule has 1 fully saturated rings. The lowest BCUT2D eigenvalue weighted by atomic mass is 10.2. The number of aryl methyl sites for hydroxylation is 1. The molecule has 0 unspecified atom stereocenters. The molecule has 1 aromatic heterocycles. The third kappa shape index (κ3) is 3.39. The van der Waals surface area contributed by atoms with Gasteiger partial charge >= 0.3 is 0 Å². The summed E-state index contributed by atoms with van der Waals surface area (Å²) in [6, 6.07) is 6.64. The number of rotatable bonds is 3. The molecule has 1 saturated heterocycles. The summed E-state index contributed by atoms with van der Waals surface area (Å²) in [5, 5.41) is 0. The van der Waals surface area contributed by atoms with Crippen LogP contribution in [0.15, 0.2) is 38.1 Å². The molecule has 0 aliphatic carbocycles. The number of morpholine rings is 1. The van der Waals surface area contributed by atoms with Crippen molar-refractivity contribution in [1.29, 1.82) is 0 Å². The second-order valence-corrected chi connectivity index (χ2v) is 5.95. The molecule has 6 heteroatoms.